The molecule has 5 heterocycles. The fourth-order valence-corrected chi connectivity index (χ4v) is 16.5. The van der Waals surface area contributed by atoms with Crippen LogP contribution in [0, 0.1) is 0 Å². The first kappa shape index (κ1) is 61.7. The Labute approximate surface area is 623 Å². The normalized spacial score (nSPS) is 11.9. The third-order valence-electron chi connectivity index (χ3n) is 21.6. The average Bonchev–Trinajstić information content (AvgIpc) is 1.69. The van der Waals surface area contributed by atoms with Crippen molar-refractivity contribution >= 4 is 141 Å². The first-order valence-electron chi connectivity index (χ1n) is 36.6. The molecule has 0 N–H and O–H groups in total. The highest BCUT2D eigenvalue weighted by atomic mass is 16.3. The summed E-state index contributed by atoms with van der Waals surface area (Å²) in [6, 6.07) is 123. The Hall–Kier alpha value is -14.8. The molecule has 0 aliphatic carbocycles. The van der Waals surface area contributed by atoms with Crippen molar-refractivity contribution in [3.63, 3.8) is 0 Å². The third-order valence-corrected chi connectivity index (χ3v) is 21.6. The summed E-state index contributed by atoms with van der Waals surface area (Å²) in [6.07, 6.45) is 0. The van der Waals surface area contributed by atoms with Crippen molar-refractivity contribution in [1.29, 1.82) is 0 Å². The maximum atomic E-state index is 6.48. The van der Waals surface area contributed by atoms with Gasteiger partial charge in [-0.15, -0.1) is 0 Å². The molecule has 0 fully saturated rings. The minimum Gasteiger partial charge on any atom is -0.456 e. The number of hydrogen-bond acceptors (Lipinski definition) is 9. The number of rotatable bonds is 8. The first-order chi connectivity index (χ1) is 54.0. The van der Waals surface area contributed by atoms with Crippen LogP contribution in [0.25, 0.3) is 232 Å². The summed E-state index contributed by atoms with van der Waals surface area (Å²) >= 11 is 0. The molecule has 0 spiro atoms. The number of para-hydroxylation sites is 1. The standard InChI is InChI=1S/C51H29N3O2.C49H29N3O/c1-2-12-31-27-34(24-23-30(31)11-1)49-52-50(54-51(53-49)41-19-10-22-45-48(41)40-17-7-8-20-43(40)55-45)39-26-25-37(35-15-5-6-16-36(35)39)38-18-9-21-44-47(38)42-28-32-13-3-4-14-33(32)29-46(42)56-44;1-2-15-33-29-45-43(28-32(33)14-1)46-39(22-11-25-44(46)53-45)38-26-27-42(37-21-8-7-20-36(37)38)49-51-47(40-23-9-16-30-12-3-5-18-34(30)40)50-48(52-49)41-24-10-17-31-13-4-6-19-35(31)41/h1-29H;1-29H. The second-order valence-electron chi connectivity index (χ2n) is 27.9. The van der Waals surface area contributed by atoms with Gasteiger partial charge in [0, 0.05) is 65.7 Å². The van der Waals surface area contributed by atoms with Crippen molar-refractivity contribution in [1.82, 2.24) is 29.9 Å². The van der Waals surface area contributed by atoms with Gasteiger partial charge in [0.25, 0.3) is 0 Å². The topological polar surface area (TPSA) is 117 Å². The van der Waals surface area contributed by atoms with Crippen LogP contribution >= 0.6 is 0 Å². The van der Waals surface area contributed by atoms with Gasteiger partial charge in [-0.1, -0.05) is 285 Å². The minimum absolute atomic E-state index is 0.588. The predicted molar refractivity (Wildman–Crippen MR) is 448 cm³/mol. The van der Waals surface area contributed by atoms with E-state index in [0.29, 0.717) is 34.9 Å². The summed E-state index contributed by atoms with van der Waals surface area (Å²) in [5.74, 6) is 3.71. The van der Waals surface area contributed by atoms with Crippen LogP contribution in [0.1, 0.15) is 0 Å². The van der Waals surface area contributed by atoms with Crippen molar-refractivity contribution in [3.8, 4) is 90.6 Å². The highest BCUT2D eigenvalue weighted by Crippen LogP contribution is 2.47. The molecule has 18 aromatic carbocycles. The van der Waals surface area contributed by atoms with Crippen LogP contribution in [0.4, 0.5) is 0 Å². The highest BCUT2D eigenvalue weighted by Gasteiger charge is 2.25. The SMILES string of the molecule is c1ccc2cc(-c3nc(-c4ccc(-c5cccc6oc7cc8ccccc8cc7c56)c5ccccc45)nc(-c4cccc5oc6ccccc6c45)n3)ccc2c1.c1ccc2cc3c(cc2c1)oc1cccc(-c2ccc(-c4nc(-c5cccc6ccccc56)nc(-c5cccc6ccccc56)n4)c4ccccc24)c13. The van der Waals surface area contributed by atoms with E-state index in [4.69, 9.17) is 43.2 Å². The molecule has 0 aliphatic heterocycles. The zero-order valence-corrected chi connectivity index (χ0v) is 58.4. The molecule has 0 radical (unpaired) electrons. The van der Waals surface area contributed by atoms with E-state index < -0.39 is 0 Å². The molecule has 0 amide bonds. The van der Waals surface area contributed by atoms with Crippen LogP contribution in [-0.4, -0.2) is 29.9 Å². The van der Waals surface area contributed by atoms with E-state index in [-0.39, 0.29) is 0 Å². The Morgan fingerprint density at radius 1 is 0.147 bits per heavy atom. The van der Waals surface area contributed by atoms with Gasteiger partial charge in [-0.2, -0.15) is 0 Å². The molecule has 109 heavy (non-hydrogen) atoms. The van der Waals surface area contributed by atoms with Crippen LogP contribution in [0.15, 0.2) is 365 Å². The second kappa shape index (κ2) is 24.9. The van der Waals surface area contributed by atoms with E-state index >= 15 is 0 Å². The molecule has 0 aliphatic rings. The Morgan fingerprint density at radius 2 is 0.440 bits per heavy atom. The van der Waals surface area contributed by atoms with Gasteiger partial charge in [-0.25, -0.2) is 29.9 Å². The van der Waals surface area contributed by atoms with Crippen molar-refractivity contribution in [2.45, 2.75) is 0 Å². The number of fused-ring (bicyclic) bond motifs is 16. The smallest absolute Gasteiger partial charge is 0.164 e. The molecule has 506 valence electrons. The lowest BCUT2D eigenvalue weighted by atomic mass is 9.92. The Kier molecular flexibility index (Phi) is 14.1. The summed E-state index contributed by atoms with van der Waals surface area (Å²) < 4.78 is 19.3. The van der Waals surface area contributed by atoms with Gasteiger partial charge in [0.1, 0.15) is 33.5 Å². The molecule has 9 nitrogen and oxygen atoms in total. The summed E-state index contributed by atoms with van der Waals surface area (Å²) in [6.45, 7) is 0. The molecule has 9 heteroatoms. The molecule has 23 rings (SSSR count). The molecule has 0 saturated carbocycles. The fourth-order valence-electron chi connectivity index (χ4n) is 16.5. The molecule has 23 aromatic rings. The third kappa shape index (κ3) is 10.3. The molecule has 0 bridgehead atoms. The molecule has 0 saturated heterocycles. The fraction of sp³-hybridized carbons (Fsp3) is 0. The number of hydrogen-bond donors (Lipinski definition) is 0. The van der Waals surface area contributed by atoms with Crippen LogP contribution in [0.5, 0.6) is 0 Å². The molecule has 0 unspecified atom stereocenters. The average molecular weight is 1390 g/mol. The van der Waals surface area contributed by atoms with E-state index in [1.165, 1.54) is 16.2 Å². The predicted octanol–water partition coefficient (Wildman–Crippen LogP) is 26.8. The Bertz CT molecular complexity index is 7610. The number of benzene rings is 18. The lowest BCUT2D eigenvalue weighted by Crippen LogP contribution is -2.01. The summed E-state index contributed by atoms with van der Waals surface area (Å²) in [4.78, 5) is 31.4. The zero-order chi connectivity index (χ0) is 71.6. The van der Waals surface area contributed by atoms with Gasteiger partial charge in [-0.05, 0) is 164 Å². The largest absolute Gasteiger partial charge is 0.456 e. The van der Waals surface area contributed by atoms with E-state index in [0.717, 1.165) is 181 Å². The van der Waals surface area contributed by atoms with Gasteiger partial charge < -0.3 is 13.3 Å². The molecular weight excluding hydrogens is 1330 g/mol. The maximum absolute atomic E-state index is 6.48. The summed E-state index contributed by atoms with van der Waals surface area (Å²) in [5.41, 5.74) is 15.2. The lowest BCUT2D eigenvalue weighted by Gasteiger charge is -2.14. The number of aromatic nitrogens is 6. The van der Waals surface area contributed by atoms with Crippen molar-refractivity contribution in [3.05, 3.63) is 352 Å². The van der Waals surface area contributed by atoms with Gasteiger partial charge >= 0.3 is 0 Å². The highest BCUT2D eigenvalue weighted by molar-refractivity contribution is 6.21. The van der Waals surface area contributed by atoms with Gasteiger partial charge in [-0.3, -0.25) is 0 Å². The first-order valence-corrected chi connectivity index (χ1v) is 36.6. The van der Waals surface area contributed by atoms with Crippen molar-refractivity contribution in [2.75, 3.05) is 0 Å². The van der Waals surface area contributed by atoms with E-state index in [2.05, 4.69) is 322 Å². The minimum atomic E-state index is 0.588. The Morgan fingerprint density at radius 3 is 0.917 bits per heavy atom. The Balaban J connectivity index is 0.000000135. The quantitative estimate of drug-likeness (QED) is 0.147. The van der Waals surface area contributed by atoms with Gasteiger partial charge in [0.05, 0.1) is 0 Å². The molecule has 5 aromatic heterocycles. The monoisotopic (exact) mass is 1390 g/mol. The number of furan rings is 3. The van der Waals surface area contributed by atoms with Crippen molar-refractivity contribution < 1.29 is 13.3 Å². The van der Waals surface area contributed by atoms with Crippen LogP contribution in [0.2, 0.25) is 0 Å². The van der Waals surface area contributed by atoms with E-state index in [1.54, 1.807) is 0 Å². The number of nitrogens with zero attached hydrogens (tertiary/aromatic N) is 6. The van der Waals surface area contributed by atoms with Gasteiger partial charge in [0.2, 0.25) is 0 Å². The summed E-state index contributed by atoms with van der Waals surface area (Å²) in [7, 11) is 0. The van der Waals surface area contributed by atoms with E-state index in [9.17, 15) is 0 Å². The van der Waals surface area contributed by atoms with E-state index in [1.807, 2.05) is 30.3 Å². The van der Waals surface area contributed by atoms with Crippen LogP contribution < -0.4 is 0 Å². The molecule has 0 atom stereocenters. The second-order valence-corrected chi connectivity index (χ2v) is 27.9. The van der Waals surface area contributed by atoms with Crippen LogP contribution in [-0.2, 0) is 0 Å². The van der Waals surface area contributed by atoms with Crippen molar-refractivity contribution in [2.24, 2.45) is 0 Å². The molecular formula is C100H58N6O3. The zero-order valence-electron chi connectivity index (χ0n) is 58.4. The lowest BCUT2D eigenvalue weighted by molar-refractivity contribution is 0.668. The maximum Gasteiger partial charge on any atom is 0.164 e. The summed E-state index contributed by atoms with van der Waals surface area (Å²) in [5, 5.41) is 22.3. The van der Waals surface area contributed by atoms with Crippen LogP contribution in [0.3, 0.4) is 0 Å². The van der Waals surface area contributed by atoms with Gasteiger partial charge in [0.15, 0.2) is 34.9 Å².